The fraction of sp³-hybridized carbons (Fsp3) is 1.00. The van der Waals surface area contributed by atoms with Gasteiger partial charge >= 0.3 is 0 Å². The lowest BCUT2D eigenvalue weighted by Crippen LogP contribution is -2.48. The van der Waals surface area contributed by atoms with Gasteiger partial charge in [0.25, 0.3) is 0 Å². The number of nitrogens with zero attached hydrogens (tertiary/aromatic N) is 1. The molecule has 1 aliphatic rings. The molecule has 2 heteroatoms. The molecular formula is C14H29NO. The van der Waals surface area contributed by atoms with Crippen molar-refractivity contribution in [2.75, 3.05) is 13.1 Å². The highest BCUT2D eigenvalue weighted by Crippen LogP contribution is 2.31. The van der Waals surface area contributed by atoms with Gasteiger partial charge in [-0.3, -0.25) is 4.90 Å². The lowest BCUT2D eigenvalue weighted by molar-refractivity contribution is 0.0102. The van der Waals surface area contributed by atoms with E-state index in [0.717, 1.165) is 32.4 Å². The maximum atomic E-state index is 10.1. The van der Waals surface area contributed by atoms with Crippen LogP contribution in [0, 0.1) is 5.41 Å². The summed E-state index contributed by atoms with van der Waals surface area (Å²) >= 11 is 0. The van der Waals surface area contributed by atoms with Crippen LogP contribution in [0.2, 0.25) is 0 Å². The highest BCUT2D eigenvalue weighted by Gasteiger charge is 2.31. The molecule has 0 aliphatic carbocycles. The molecular weight excluding hydrogens is 198 g/mol. The van der Waals surface area contributed by atoms with E-state index >= 15 is 0 Å². The standard InChI is InChI=1S/C14H29NO/c1-5-7-13(16)12(6-2)15-10-8-14(3,4)9-11-15/h12-13,16H,5-11H2,1-4H3. The molecule has 2 nitrogen and oxygen atoms in total. The van der Waals surface area contributed by atoms with Crippen molar-refractivity contribution >= 4 is 0 Å². The number of hydrogen-bond donors (Lipinski definition) is 1. The minimum atomic E-state index is -0.129. The summed E-state index contributed by atoms with van der Waals surface area (Å²) < 4.78 is 0. The molecule has 1 rings (SSSR count). The topological polar surface area (TPSA) is 23.5 Å². The Balaban J connectivity index is 2.48. The van der Waals surface area contributed by atoms with Gasteiger partial charge in [0, 0.05) is 6.04 Å². The third-order valence-electron chi connectivity index (χ3n) is 4.07. The van der Waals surface area contributed by atoms with Crippen LogP contribution in [0.1, 0.15) is 59.8 Å². The van der Waals surface area contributed by atoms with Gasteiger partial charge in [-0.1, -0.05) is 34.1 Å². The molecule has 1 saturated heterocycles. The fourth-order valence-electron chi connectivity index (χ4n) is 2.72. The van der Waals surface area contributed by atoms with Gasteiger partial charge in [-0.2, -0.15) is 0 Å². The molecule has 1 aliphatic heterocycles. The molecule has 0 saturated carbocycles. The van der Waals surface area contributed by atoms with Crippen molar-refractivity contribution in [2.45, 2.75) is 71.9 Å². The number of hydrogen-bond acceptors (Lipinski definition) is 2. The molecule has 0 spiro atoms. The molecule has 0 bridgehead atoms. The molecule has 1 heterocycles. The van der Waals surface area contributed by atoms with Crippen LogP contribution in [0.25, 0.3) is 0 Å². The number of rotatable bonds is 5. The predicted molar refractivity (Wildman–Crippen MR) is 69.6 cm³/mol. The van der Waals surface area contributed by atoms with Gasteiger partial charge in [0.15, 0.2) is 0 Å². The summed E-state index contributed by atoms with van der Waals surface area (Å²) in [6, 6.07) is 0.385. The predicted octanol–water partition coefficient (Wildman–Crippen LogP) is 3.05. The zero-order chi connectivity index (χ0) is 12.2. The number of piperidine rings is 1. The second kappa shape index (κ2) is 6.02. The van der Waals surface area contributed by atoms with Gasteiger partial charge < -0.3 is 5.11 Å². The van der Waals surface area contributed by atoms with E-state index in [1.807, 2.05) is 0 Å². The van der Waals surface area contributed by atoms with E-state index in [0.29, 0.717) is 11.5 Å². The average molecular weight is 227 g/mol. The summed E-state index contributed by atoms with van der Waals surface area (Å²) in [5.74, 6) is 0. The van der Waals surface area contributed by atoms with Gasteiger partial charge in [-0.15, -0.1) is 0 Å². The molecule has 0 aromatic heterocycles. The van der Waals surface area contributed by atoms with Gasteiger partial charge in [0.1, 0.15) is 0 Å². The van der Waals surface area contributed by atoms with Gasteiger partial charge in [-0.25, -0.2) is 0 Å². The first-order valence-corrected chi connectivity index (χ1v) is 6.92. The lowest BCUT2D eigenvalue weighted by Gasteiger charge is -2.42. The van der Waals surface area contributed by atoms with Gasteiger partial charge in [0.2, 0.25) is 0 Å². The molecule has 2 atom stereocenters. The van der Waals surface area contributed by atoms with Crippen molar-refractivity contribution in [1.82, 2.24) is 4.90 Å². The Kier molecular flexibility index (Phi) is 5.26. The highest BCUT2D eigenvalue weighted by molar-refractivity contribution is 4.85. The van der Waals surface area contributed by atoms with Crippen LogP contribution in [-0.2, 0) is 0 Å². The van der Waals surface area contributed by atoms with Crippen molar-refractivity contribution in [3.8, 4) is 0 Å². The van der Waals surface area contributed by atoms with Crippen LogP contribution in [0.3, 0.4) is 0 Å². The van der Waals surface area contributed by atoms with Crippen molar-refractivity contribution in [2.24, 2.45) is 5.41 Å². The third-order valence-corrected chi connectivity index (χ3v) is 4.07. The summed E-state index contributed by atoms with van der Waals surface area (Å²) in [7, 11) is 0. The second-order valence-electron chi connectivity index (χ2n) is 6.03. The quantitative estimate of drug-likeness (QED) is 0.780. The van der Waals surface area contributed by atoms with E-state index < -0.39 is 0 Å². The number of aliphatic hydroxyl groups is 1. The second-order valence-corrected chi connectivity index (χ2v) is 6.03. The smallest absolute Gasteiger partial charge is 0.0695 e. The molecule has 0 aromatic rings. The average Bonchev–Trinajstić information content (AvgIpc) is 2.22. The van der Waals surface area contributed by atoms with Crippen LogP contribution in [0.5, 0.6) is 0 Å². The summed E-state index contributed by atoms with van der Waals surface area (Å²) in [5, 5.41) is 10.1. The molecule has 0 radical (unpaired) electrons. The highest BCUT2D eigenvalue weighted by atomic mass is 16.3. The molecule has 0 aromatic carbocycles. The van der Waals surface area contributed by atoms with Crippen LogP contribution >= 0.6 is 0 Å². The molecule has 2 unspecified atom stereocenters. The van der Waals surface area contributed by atoms with Crippen LogP contribution in [0.4, 0.5) is 0 Å². The van der Waals surface area contributed by atoms with Crippen molar-refractivity contribution in [3.05, 3.63) is 0 Å². The molecule has 0 amide bonds. The summed E-state index contributed by atoms with van der Waals surface area (Å²) in [5.41, 5.74) is 0.504. The van der Waals surface area contributed by atoms with Crippen LogP contribution in [-0.4, -0.2) is 35.2 Å². The van der Waals surface area contributed by atoms with E-state index in [-0.39, 0.29) is 6.10 Å². The Morgan fingerprint density at radius 1 is 1.19 bits per heavy atom. The minimum absolute atomic E-state index is 0.129. The first-order valence-electron chi connectivity index (χ1n) is 6.92. The first-order chi connectivity index (χ1) is 7.50. The van der Waals surface area contributed by atoms with Crippen molar-refractivity contribution in [3.63, 3.8) is 0 Å². The molecule has 1 N–H and O–H groups in total. The third kappa shape index (κ3) is 3.74. The zero-order valence-electron chi connectivity index (χ0n) is 11.5. The van der Waals surface area contributed by atoms with E-state index in [9.17, 15) is 5.11 Å². The summed E-state index contributed by atoms with van der Waals surface area (Å²) in [6.45, 7) is 11.4. The fourth-order valence-corrected chi connectivity index (χ4v) is 2.72. The molecule has 1 fully saturated rings. The van der Waals surface area contributed by atoms with Crippen LogP contribution < -0.4 is 0 Å². The SMILES string of the molecule is CCCC(O)C(CC)N1CCC(C)(C)CC1. The lowest BCUT2D eigenvalue weighted by atomic mass is 9.81. The maximum Gasteiger partial charge on any atom is 0.0695 e. The van der Waals surface area contributed by atoms with E-state index in [1.54, 1.807) is 0 Å². The van der Waals surface area contributed by atoms with Crippen molar-refractivity contribution in [1.29, 1.82) is 0 Å². The largest absolute Gasteiger partial charge is 0.391 e. The Morgan fingerprint density at radius 3 is 2.19 bits per heavy atom. The molecule has 16 heavy (non-hydrogen) atoms. The van der Waals surface area contributed by atoms with Crippen molar-refractivity contribution < 1.29 is 5.11 Å². The van der Waals surface area contributed by atoms with Gasteiger partial charge in [0.05, 0.1) is 6.10 Å². The minimum Gasteiger partial charge on any atom is -0.391 e. The summed E-state index contributed by atoms with van der Waals surface area (Å²) in [6.07, 6.45) is 5.50. The zero-order valence-corrected chi connectivity index (χ0v) is 11.5. The van der Waals surface area contributed by atoms with E-state index in [4.69, 9.17) is 0 Å². The maximum absolute atomic E-state index is 10.1. The van der Waals surface area contributed by atoms with Crippen LogP contribution in [0.15, 0.2) is 0 Å². The number of aliphatic hydroxyl groups excluding tert-OH is 1. The monoisotopic (exact) mass is 227 g/mol. The molecule has 96 valence electrons. The normalized spacial score (nSPS) is 25.3. The van der Waals surface area contributed by atoms with E-state index in [2.05, 4.69) is 32.6 Å². The van der Waals surface area contributed by atoms with E-state index in [1.165, 1.54) is 12.8 Å². The first kappa shape index (κ1) is 14.0. The Bertz CT molecular complexity index is 193. The Labute approximate surface area is 101 Å². The number of likely N-dealkylation sites (tertiary alicyclic amines) is 1. The Hall–Kier alpha value is -0.0800. The van der Waals surface area contributed by atoms with Gasteiger partial charge in [-0.05, 0) is 44.2 Å². The Morgan fingerprint density at radius 2 is 1.75 bits per heavy atom. The summed E-state index contributed by atoms with van der Waals surface area (Å²) in [4.78, 5) is 2.51.